The third-order valence-electron chi connectivity index (χ3n) is 5.48. The number of amides is 2. The summed E-state index contributed by atoms with van der Waals surface area (Å²) in [7, 11) is 3.31. The summed E-state index contributed by atoms with van der Waals surface area (Å²) in [6.45, 7) is 0.817. The summed E-state index contributed by atoms with van der Waals surface area (Å²) in [6.07, 6.45) is 3.84. The van der Waals surface area contributed by atoms with Crippen molar-refractivity contribution in [3.63, 3.8) is 0 Å². The molecule has 2 heterocycles. The molecule has 1 aliphatic carbocycles. The molecule has 0 aliphatic heterocycles. The van der Waals surface area contributed by atoms with Gasteiger partial charge in [-0.1, -0.05) is 6.07 Å². The van der Waals surface area contributed by atoms with Crippen LogP contribution in [0.4, 0.5) is 9.39 Å². The van der Waals surface area contributed by atoms with Crippen molar-refractivity contribution in [2.75, 3.05) is 25.6 Å². The number of aromatic nitrogens is 1. The third-order valence-corrected chi connectivity index (χ3v) is 6.69. The van der Waals surface area contributed by atoms with E-state index in [1.54, 1.807) is 36.9 Å². The molecule has 0 radical (unpaired) electrons. The van der Waals surface area contributed by atoms with Crippen LogP contribution in [-0.2, 0) is 24.6 Å². The maximum absolute atomic E-state index is 14.1. The average molecular weight is 430 g/mol. The minimum atomic E-state index is -0.369. The Morgan fingerprint density at radius 1 is 1.23 bits per heavy atom. The SMILES string of the molecule is COCCNC(=O)c1c(NC(=O)c2cc3c(F)cccc3n2C)sc2c1CCCC2. The summed E-state index contributed by atoms with van der Waals surface area (Å²) in [5, 5.41) is 6.73. The molecule has 0 unspecified atom stereocenters. The third kappa shape index (κ3) is 3.73. The largest absolute Gasteiger partial charge is 0.383 e. The van der Waals surface area contributed by atoms with Crippen LogP contribution in [0.25, 0.3) is 10.9 Å². The first-order chi connectivity index (χ1) is 14.5. The van der Waals surface area contributed by atoms with Gasteiger partial charge in [0.15, 0.2) is 0 Å². The first kappa shape index (κ1) is 20.6. The van der Waals surface area contributed by atoms with Crippen LogP contribution in [0.2, 0.25) is 0 Å². The van der Waals surface area contributed by atoms with Crippen LogP contribution in [-0.4, -0.2) is 36.6 Å². The number of thiophene rings is 1. The van der Waals surface area contributed by atoms with Crippen LogP contribution in [0.5, 0.6) is 0 Å². The number of hydrogen-bond acceptors (Lipinski definition) is 4. The van der Waals surface area contributed by atoms with Crippen LogP contribution >= 0.6 is 11.3 Å². The summed E-state index contributed by atoms with van der Waals surface area (Å²) in [5.74, 6) is -0.936. The maximum Gasteiger partial charge on any atom is 0.272 e. The number of hydrogen-bond donors (Lipinski definition) is 2. The van der Waals surface area contributed by atoms with Crippen molar-refractivity contribution in [1.82, 2.24) is 9.88 Å². The Labute approximate surface area is 178 Å². The molecule has 4 rings (SSSR count). The molecule has 8 heteroatoms. The molecule has 0 atom stereocenters. The zero-order valence-electron chi connectivity index (χ0n) is 17.0. The number of benzene rings is 1. The summed E-state index contributed by atoms with van der Waals surface area (Å²) >= 11 is 1.46. The second kappa shape index (κ2) is 8.57. The van der Waals surface area contributed by atoms with Gasteiger partial charge in [-0.3, -0.25) is 9.59 Å². The van der Waals surface area contributed by atoms with Gasteiger partial charge in [-0.25, -0.2) is 4.39 Å². The van der Waals surface area contributed by atoms with Crippen molar-refractivity contribution in [2.24, 2.45) is 7.05 Å². The van der Waals surface area contributed by atoms with Gasteiger partial charge >= 0.3 is 0 Å². The second-order valence-corrected chi connectivity index (χ2v) is 8.48. The van der Waals surface area contributed by atoms with E-state index >= 15 is 0 Å². The highest BCUT2D eigenvalue weighted by Gasteiger charge is 2.27. The van der Waals surface area contributed by atoms with Gasteiger partial charge in [-0.2, -0.15) is 0 Å². The van der Waals surface area contributed by atoms with Crippen LogP contribution in [0, 0.1) is 5.82 Å². The normalized spacial score (nSPS) is 13.3. The highest BCUT2D eigenvalue weighted by molar-refractivity contribution is 7.17. The fourth-order valence-electron chi connectivity index (χ4n) is 3.96. The smallest absolute Gasteiger partial charge is 0.272 e. The van der Waals surface area contributed by atoms with Crippen LogP contribution in [0.3, 0.4) is 0 Å². The van der Waals surface area contributed by atoms with Gasteiger partial charge in [0, 0.05) is 31.0 Å². The van der Waals surface area contributed by atoms with Gasteiger partial charge in [-0.05, 0) is 49.4 Å². The Kier molecular flexibility index (Phi) is 5.87. The molecule has 6 nitrogen and oxygen atoms in total. The zero-order chi connectivity index (χ0) is 21.3. The lowest BCUT2D eigenvalue weighted by Gasteiger charge is -2.13. The van der Waals surface area contributed by atoms with Crippen LogP contribution in [0.1, 0.15) is 44.1 Å². The Morgan fingerprint density at radius 3 is 2.80 bits per heavy atom. The minimum Gasteiger partial charge on any atom is -0.383 e. The molecule has 2 N–H and O–H groups in total. The van der Waals surface area contributed by atoms with E-state index in [4.69, 9.17) is 4.74 Å². The number of nitrogens with one attached hydrogen (secondary N) is 2. The minimum absolute atomic E-state index is 0.204. The lowest BCUT2D eigenvalue weighted by molar-refractivity contribution is 0.0937. The van der Waals surface area contributed by atoms with E-state index in [-0.39, 0.29) is 17.6 Å². The standard InChI is InChI=1S/C22H24FN3O3S/c1-26-16-8-5-7-15(23)14(16)12-17(26)20(27)25-22-19(21(28)24-10-11-29-2)13-6-3-4-9-18(13)30-22/h5,7-8,12H,3-4,6,9-11H2,1-2H3,(H,24,28)(H,25,27). The fourth-order valence-corrected chi connectivity index (χ4v) is 5.24. The number of nitrogens with zero attached hydrogens (tertiary/aromatic N) is 1. The zero-order valence-corrected chi connectivity index (χ0v) is 17.8. The van der Waals surface area contributed by atoms with Crippen molar-refractivity contribution < 1.29 is 18.7 Å². The van der Waals surface area contributed by atoms with E-state index in [0.29, 0.717) is 40.3 Å². The summed E-state index contributed by atoms with van der Waals surface area (Å²) in [6, 6.07) is 6.31. The molecule has 0 fully saturated rings. The highest BCUT2D eigenvalue weighted by atomic mass is 32.1. The highest BCUT2D eigenvalue weighted by Crippen LogP contribution is 2.38. The molecule has 3 aromatic rings. The Bertz CT molecular complexity index is 1120. The molecular formula is C22H24FN3O3S. The molecule has 0 spiro atoms. The Hall–Kier alpha value is -2.71. The van der Waals surface area contributed by atoms with Crippen LogP contribution in [0.15, 0.2) is 24.3 Å². The van der Waals surface area contributed by atoms with Gasteiger partial charge in [-0.15, -0.1) is 11.3 Å². The van der Waals surface area contributed by atoms with E-state index < -0.39 is 0 Å². The van der Waals surface area contributed by atoms with Gasteiger partial charge in [0.2, 0.25) is 0 Å². The number of aryl methyl sites for hydroxylation is 2. The second-order valence-electron chi connectivity index (χ2n) is 7.38. The number of ether oxygens (including phenoxy) is 1. The van der Waals surface area contributed by atoms with Crippen LogP contribution < -0.4 is 10.6 Å². The summed E-state index contributed by atoms with van der Waals surface area (Å²) < 4.78 is 20.8. The topological polar surface area (TPSA) is 72.4 Å². The van der Waals surface area contributed by atoms with E-state index in [1.807, 2.05) is 0 Å². The molecule has 2 aromatic heterocycles. The molecule has 2 amide bonds. The molecule has 0 saturated carbocycles. The van der Waals surface area contributed by atoms with Crippen molar-refractivity contribution in [3.05, 3.63) is 51.8 Å². The molecule has 0 bridgehead atoms. The quantitative estimate of drug-likeness (QED) is 0.584. The molecule has 1 aromatic carbocycles. The fraction of sp³-hybridized carbons (Fsp3) is 0.364. The van der Waals surface area contributed by atoms with Gasteiger partial charge in [0.25, 0.3) is 11.8 Å². The van der Waals surface area contributed by atoms with E-state index in [2.05, 4.69) is 10.6 Å². The van der Waals surface area contributed by atoms with Crippen molar-refractivity contribution >= 4 is 39.1 Å². The predicted octanol–water partition coefficient (Wildman–Crippen LogP) is 3.89. The number of carbonyl (C=O) groups excluding carboxylic acids is 2. The van der Waals surface area contributed by atoms with Gasteiger partial charge in [0.1, 0.15) is 16.5 Å². The lowest BCUT2D eigenvalue weighted by atomic mass is 9.95. The van der Waals surface area contributed by atoms with Crippen molar-refractivity contribution in [2.45, 2.75) is 25.7 Å². The Balaban J connectivity index is 1.66. The molecule has 158 valence electrons. The number of halogens is 1. The number of fused-ring (bicyclic) bond motifs is 2. The van der Waals surface area contributed by atoms with Gasteiger partial charge < -0.3 is 19.9 Å². The van der Waals surface area contributed by atoms with Crippen molar-refractivity contribution in [1.29, 1.82) is 0 Å². The molecule has 0 saturated heterocycles. The number of rotatable bonds is 6. The van der Waals surface area contributed by atoms with E-state index in [0.717, 1.165) is 36.1 Å². The first-order valence-electron chi connectivity index (χ1n) is 9.98. The van der Waals surface area contributed by atoms with Crippen molar-refractivity contribution in [3.8, 4) is 0 Å². The summed E-state index contributed by atoms with van der Waals surface area (Å²) in [5.41, 5.74) is 2.55. The lowest BCUT2D eigenvalue weighted by Crippen LogP contribution is -2.29. The number of carbonyl (C=O) groups is 2. The average Bonchev–Trinajstić information content (AvgIpc) is 3.26. The number of anilines is 1. The van der Waals surface area contributed by atoms with Gasteiger partial charge in [0.05, 0.1) is 17.7 Å². The first-order valence-corrected chi connectivity index (χ1v) is 10.8. The maximum atomic E-state index is 14.1. The Morgan fingerprint density at radius 2 is 2.03 bits per heavy atom. The molecule has 1 aliphatic rings. The molecule has 30 heavy (non-hydrogen) atoms. The monoisotopic (exact) mass is 429 g/mol. The van der Waals surface area contributed by atoms with E-state index in [1.165, 1.54) is 17.4 Å². The molecular weight excluding hydrogens is 405 g/mol. The summed E-state index contributed by atoms with van der Waals surface area (Å²) in [4.78, 5) is 27.1. The van der Waals surface area contributed by atoms with E-state index in [9.17, 15) is 14.0 Å². The number of methoxy groups -OCH3 is 1. The predicted molar refractivity (Wildman–Crippen MR) is 116 cm³/mol.